The smallest absolute Gasteiger partial charge is 0.303 e. The molecule has 0 bridgehead atoms. The van der Waals surface area contributed by atoms with Crippen LogP contribution in [-0.4, -0.2) is 11.1 Å². The minimum atomic E-state index is -0.832. The summed E-state index contributed by atoms with van der Waals surface area (Å²) in [5, 5.41) is 8.47. The van der Waals surface area contributed by atoms with Gasteiger partial charge in [-0.3, -0.25) is 4.79 Å². The highest BCUT2D eigenvalue weighted by molar-refractivity contribution is 5.66. The molecule has 1 N–H and O–H groups in total. The number of carboxylic acid groups (broad SMARTS) is 1. The van der Waals surface area contributed by atoms with E-state index in [0.29, 0.717) is 12.8 Å². The van der Waals surface area contributed by atoms with Gasteiger partial charge in [0, 0.05) is 12.8 Å². The Balaban J connectivity index is 3.60. The summed E-state index contributed by atoms with van der Waals surface area (Å²) in [6, 6.07) is 0. The molecule has 0 aromatic carbocycles. The zero-order valence-electron chi connectivity index (χ0n) is 14.3. The second-order valence-corrected chi connectivity index (χ2v) is 5.52. The van der Waals surface area contributed by atoms with Crippen LogP contribution in [0.15, 0.2) is 48.4 Å². The first-order valence-electron chi connectivity index (χ1n) is 8.68. The highest BCUT2D eigenvalue weighted by Crippen LogP contribution is 2.08. The van der Waals surface area contributed by atoms with Crippen LogP contribution in [0.5, 0.6) is 0 Å². The summed E-state index contributed by atoms with van der Waals surface area (Å²) < 4.78 is 13.4. The predicted octanol–water partition coefficient (Wildman–Crippen LogP) is 6.51. The molecular formula is C20H31FO2. The lowest BCUT2D eigenvalue weighted by Gasteiger charge is -1.93. The van der Waals surface area contributed by atoms with Gasteiger partial charge in [0.05, 0.1) is 5.83 Å². The molecule has 0 amide bonds. The van der Waals surface area contributed by atoms with Gasteiger partial charge < -0.3 is 5.11 Å². The van der Waals surface area contributed by atoms with Crippen molar-refractivity contribution in [1.29, 1.82) is 0 Å². The van der Waals surface area contributed by atoms with Crippen LogP contribution in [0.1, 0.15) is 71.1 Å². The molecule has 130 valence electrons. The monoisotopic (exact) mass is 322 g/mol. The standard InChI is InChI=1S/C20H31FO2/c1-2-3-4-5-6-7-8-9-10-11-12-13-16-19(21)17-14-15-18-20(22)23/h6-7,9-10,12-13,17H,2-5,8,11,14-16,18H2,1H3,(H,22,23). The Kier molecular flexibility index (Phi) is 15.5. The van der Waals surface area contributed by atoms with Crippen molar-refractivity contribution < 1.29 is 14.3 Å². The Labute approximate surface area is 140 Å². The number of hydrogen-bond acceptors (Lipinski definition) is 1. The normalized spacial score (nSPS) is 12.9. The Morgan fingerprint density at radius 2 is 1.57 bits per heavy atom. The summed E-state index contributed by atoms with van der Waals surface area (Å²) in [7, 11) is 0. The Bertz CT molecular complexity index is 406. The van der Waals surface area contributed by atoms with Crippen molar-refractivity contribution in [3.05, 3.63) is 48.4 Å². The predicted molar refractivity (Wildman–Crippen MR) is 96.1 cm³/mol. The van der Waals surface area contributed by atoms with Gasteiger partial charge in [-0.05, 0) is 38.5 Å². The molecule has 0 fully saturated rings. The molecule has 23 heavy (non-hydrogen) atoms. The molecular weight excluding hydrogens is 291 g/mol. The lowest BCUT2D eigenvalue weighted by atomic mass is 10.2. The van der Waals surface area contributed by atoms with Crippen LogP contribution in [0, 0.1) is 0 Å². The second-order valence-electron chi connectivity index (χ2n) is 5.52. The van der Waals surface area contributed by atoms with Gasteiger partial charge in [0.25, 0.3) is 0 Å². The van der Waals surface area contributed by atoms with E-state index in [1.807, 2.05) is 12.2 Å². The van der Waals surface area contributed by atoms with Gasteiger partial charge in [-0.2, -0.15) is 0 Å². The Hall–Kier alpha value is -1.64. The molecule has 2 nitrogen and oxygen atoms in total. The fourth-order valence-corrected chi connectivity index (χ4v) is 1.96. The number of rotatable bonds is 14. The highest BCUT2D eigenvalue weighted by Gasteiger charge is 1.95. The number of halogens is 1. The average molecular weight is 322 g/mol. The first kappa shape index (κ1) is 21.4. The van der Waals surface area contributed by atoms with Crippen molar-refractivity contribution in [2.24, 2.45) is 0 Å². The van der Waals surface area contributed by atoms with Gasteiger partial charge in [-0.1, -0.05) is 62.3 Å². The molecule has 3 heteroatoms. The summed E-state index contributed by atoms with van der Waals surface area (Å²) in [6.07, 6.45) is 22.0. The maximum Gasteiger partial charge on any atom is 0.303 e. The fraction of sp³-hybridized carbons (Fsp3) is 0.550. The molecule has 0 radical (unpaired) electrons. The molecule has 0 aliphatic rings. The summed E-state index contributed by atoms with van der Waals surface area (Å²) in [6.45, 7) is 2.21. The van der Waals surface area contributed by atoms with Crippen LogP contribution in [0.25, 0.3) is 0 Å². The van der Waals surface area contributed by atoms with E-state index in [1.54, 1.807) is 0 Å². The zero-order valence-corrected chi connectivity index (χ0v) is 14.3. The Morgan fingerprint density at radius 3 is 2.22 bits per heavy atom. The van der Waals surface area contributed by atoms with Crippen LogP contribution in [0.2, 0.25) is 0 Å². The Morgan fingerprint density at radius 1 is 0.913 bits per heavy atom. The van der Waals surface area contributed by atoms with Crippen molar-refractivity contribution in [1.82, 2.24) is 0 Å². The van der Waals surface area contributed by atoms with E-state index in [4.69, 9.17) is 5.11 Å². The molecule has 0 unspecified atom stereocenters. The van der Waals surface area contributed by atoms with Gasteiger partial charge >= 0.3 is 5.97 Å². The van der Waals surface area contributed by atoms with Crippen molar-refractivity contribution >= 4 is 5.97 Å². The molecule has 0 spiro atoms. The number of allylic oxidation sites excluding steroid dienone is 8. The minimum absolute atomic E-state index is 0.0947. The van der Waals surface area contributed by atoms with Crippen molar-refractivity contribution in [2.45, 2.75) is 71.1 Å². The quantitative estimate of drug-likeness (QED) is 0.292. The van der Waals surface area contributed by atoms with E-state index in [1.165, 1.54) is 31.8 Å². The third-order valence-corrected chi connectivity index (χ3v) is 3.29. The summed E-state index contributed by atoms with van der Waals surface area (Å²) >= 11 is 0. The zero-order chi connectivity index (χ0) is 17.2. The van der Waals surface area contributed by atoms with Gasteiger partial charge in [0.15, 0.2) is 0 Å². The van der Waals surface area contributed by atoms with E-state index in [2.05, 4.69) is 31.2 Å². The lowest BCUT2D eigenvalue weighted by Crippen LogP contribution is -1.92. The molecule has 0 atom stereocenters. The average Bonchev–Trinajstić information content (AvgIpc) is 2.52. The third-order valence-electron chi connectivity index (χ3n) is 3.29. The SMILES string of the molecule is CCCCCC=CCC=CCC=CCC(F)=CCCCC(=O)O. The fourth-order valence-electron chi connectivity index (χ4n) is 1.96. The molecule has 0 heterocycles. The van der Waals surface area contributed by atoms with E-state index in [0.717, 1.165) is 12.8 Å². The molecule has 0 aliphatic carbocycles. The van der Waals surface area contributed by atoms with Crippen LogP contribution < -0.4 is 0 Å². The second kappa shape index (κ2) is 16.7. The highest BCUT2D eigenvalue weighted by atomic mass is 19.1. The molecule has 0 aliphatic heterocycles. The largest absolute Gasteiger partial charge is 0.481 e. The van der Waals surface area contributed by atoms with Crippen LogP contribution in [-0.2, 0) is 4.79 Å². The topological polar surface area (TPSA) is 37.3 Å². The molecule has 0 rings (SSSR count). The van der Waals surface area contributed by atoms with E-state index < -0.39 is 5.97 Å². The third kappa shape index (κ3) is 18.3. The number of unbranched alkanes of at least 4 members (excludes halogenated alkanes) is 4. The number of carboxylic acids is 1. The van der Waals surface area contributed by atoms with Gasteiger partial charge in [-0.15, -0.1) is 0 Å². The molecule has 0 saturated carbocycles. The minimum Gasteiger partial charge on any atom is -0.481 e. The van der Waals surface area contributed by atoms with Gasteiger partial charge in [0.1, 0.15) is 0 Å². The van der Waals surface area contributed by atoms with Crippen LogP contribution >= 0.6 is 0 Å². The lowest BCUT2D eigenvalue weighted by molar-refractivity contribution is -0.137. The summed E-state index contributed by atoms with van der Waals surface area (Å²) in [5.41, 5.74) is 0. The van der Waals surface area contributed by atoms with Gasteiger partial charge in [-0.25, -0.2) is 4.39 Å². The van der Waals surface area contributed by atoms with E-state index >= 15 is 0 Å². The maximum atomic E-state index is 13.4. The summed E-state index contributed by atoms with van der Waals surface area (Å²) in [5.74, 6) is -1.02. The number of carbonyl (C=O) groups is 1. The first-order valence-corrected chi connectivity index (χ1v) is 8.68. The van der Waals surface area contributed by atoms with Crippen molar-refractivity contribution in [3.63, 3.8) is 0 Å². The van der Waals surface area contributed by atoms with E-state index in [9.17, 15) is 9.18 Å². The molecule has 0 aromatic heterocycles. The summed E-state index contributed by atoms with van der Waals surface area (Å²) in [4.78, 5) is 10.3. The molecule has 0 aromatic rings. The number of aliphatic carboxylic acids is 1. The van der Waals surface area contributed by atoms with Crippen molar-refractivity contribution in [3.8, 4) is 0 Å². The van der Waals surface area contributed by atoms with Crippen LogP contribution in [0.4, 0.5) is 4.39 Å². The molecule has 0 saturated heterocycles. The van der Waals surface area contributed by atoms with Crippen LogP contribution in [0.3, 0.4) is 0 Å². The maximum absolute atomic E-state index is 13.4. The number of hydrogen-bond donors (Lipinski definition) is 1. The van der Waals surface area contributed by atoms with Gasteiger partial charge in [0.2, 0.25) is 0 Å². The van der Waals surface area contributed by atoms with E-state index in [-0.39, 0.29) is 18.7 Å². The first-order chi connectivity index (χ1) is 11.2. The van der Waals surface area contributed by atoms with Crippen molar-refractivity contribution in [2.75, 3.05) is 0 Å².